The monoisotopic (exact) mass is 699 g/mol. The zero-order valence-electron chi connectivity index (χ0n) is 23.6. The van der Waals surface area contributed by atoms with E-state index in [1.807, 2.05) is 30.3 Å². The highest BCUT2D eigenvalue weighted by Crippen LogP contribution is 2.35. The van der Waals surface area contributed by atoms with E-state index in [1.165, 1.54) is 0 Å². The van der Waals surface area contributed by atoms with Gasteiger partial charge in [-0.25, -0.2) is 0 Å². The van der Waals surface area contributed by atoms with Crippen LogP contribution < -0.4 is 28.3 Å². The van der Waals surface area contributed by atoms with Crippen LogP contribution in [0.3, 0.4) is 0 Å². The molecule has 0 aliphatic carbocycles. The zero-order valence-corrected chi connectivity index (χ0v) is 26.2. The summed E-state index contributed by atoms with van der Waals surface area (Å²) >= 11 is 0. The molecule has 0 radical (unpaired) electrons. The number of unbranched alkanes of at least 4 members (excludes halogenated alkanes) is 1. The van der Waals surface area contributed by atoms with Gasteiger partial charge in [-0.15, -0.1) is 12.4 Å². The number of para-hydroxylation sites is 1. The molecule has 0 bridgehead atoms. The van der Waals surface area contributed by atoms with E-state index in [4.69, 9.17) is 62.9 Å². The number of halogens is 1. The predicted octanol–water partition coefficient (Wildman–Crippen LogP) is -0.936. The summed E-state index contributed by atoms with van der Waals surface area (Å²) in [6.07, 6.45) is 0.775. The SMILES string of the molecule is Cl.NC(CCP(=O)(O)O)C(=O)O.NC(CCP(=O)(O)O)C(=O)O.NCCCC[C@@H](N)C(=O)O.O=C(O)CNc1ccccc1. The molecule has 1 rings (SSSR count). The molecule has 2 unspecified atom stereocenters. The summed E-state index contributed by atoms with van der Waals surface area (Å²) in [5.74, 6) is -4.29. The van der Waals surface area contributed by atoms with Crippen molar-refractivity contribution in [3.8, 4) is 0 Å². The molecule has 0 amide bonds. The van der Waals surface area contributed by atoms with Crippen molar-refractivity contribution < 1.29 is 68.3 Å². The summed E-state index contributed by atoms with van der Waals surface area (Å²) in [6.45, 7) is 0.566. The number of hydrogen-bond donors (Lipinski definition) is 13. The molecule has 22 heteroatoms. The Balaban J connectivity index is -0.000000241. The molecule has 1 aromatic carbocycles. The Labute approximate surface area is 259 Å². The standard InChI is InChI=1S/C8H9NO2.C6H14N2O2.2C4H10NO5P.ClH/c10-8(11)6-9-7-4-2-1-3-5-7;7-4-2-1-3-5(8)6(9)10;2*5-3(4(6)7)1-2-11(8,9)10;/h1-5,9H,6H2,(H,10,11);5H,1-4,7-8H2,(H,9,10);2*3H,1-2,5H2,(H,6,7)(H2,8,9,10);1H/t;5-;;;/m.1.../s1. The van der Waals surface area contributed by atoms with Crippen molar-refractivity contribution in [3.63, 3.8) is 0 Å². The van der Waals surface area contributed by atoms with Gasteiger partial charge in [0.05, 0.1) is 12.3 Å². The highest BCUT2D eigenvalue weighted by Gasteiger charge is 2.19. The van der Waals surface area contributed by atoms with E-state index in [2.05, 4.69) is 5.32 Å². The Morgan fingerprint density at radius 2 is 1.05 bits per heavy atom. The highest BCUT2D eigenvalue weighted by molar-refractivity contribution is 7.52. The van der Waals surface area contributed by atoms with Gasteiger partial charge in [0.1, 0.15) is 24.7 Å². The smallest absolute Gasteiger partial charge is 0.325 e. The molecular formula is C22H44ClN5O14P2. The van der Waals surface area contributed by atoms with Crippen LogP contribution in [0, 0.1) is 0 Å². The number of carboxylic acid groups (broad SMARTS) is 4. The third kappa shape index (κ3) is 37.4. The molecule has 17 N–H and O–H groups in total. The number of hydrogen-bond acceptors (Lipinski definition) is 11. The fourth-order valence-electron chi connectivity index (χ4n) is 2.23. The third-order valence-electron chi connectivity index (χ3n) is 4.60. The number of aliphatic carboxylic acids is 4. The van der Waals surface area contributed by atoms with Gasteiger partial charge in [-0.2, -0.15) is 0 Å². The van der Waals surface area contributed by atoms with Crippen molar-refractivity contribution in [1.29, 1.82) is 0 Å². The molecule has 0 aromatic heterocycles. The van der Waals surface area contributed by atoms with Crippen molar-refractivity contribution in [3.05, 3.63) is 30.3 Å². The third-order valence-corrected chi connectivity index (χ3v) is 6.28. The Hall–Kier alpha value is -2.67. The first kappa shape index (κ1) is 48.2. The van der Waals surface area contributed by atoms with Crippen LogP contribution in [0.2, 0.25) is 0 Å². The van der Waals surface area contributed by atoms with Gasteiger partial charge in [-0.05, 0) is 44.4 Å². The van der Waals surface area contributed by atoms with E-state index in [0.29, 0.717) is 13.0 Å². The lowest BCUT2D eigenvalue weighted by Gasteiger charge is -2.06. The van der Waals surface area contributed by atoms with E-state index >= 15 is 0 Å². The normalized spacial score (nSPS) is 12.5. The number of nitrogens with one attached hydrogen (secondary N) is 1. The lowest BCUT2D eigenvalue weighted by atomic mass is 10.1. The molecule has 0 heterocycles. The summed E-state index contributed by atoms with van der Waals surface area (Å²) < 4.78 is 20.4. The van der Waals surface area contributed by atoms with Gasteiger partial charge in [0.15, 0.2) is 0 Å². The van der Waals surface area contributed by atoms with E-state index in [-0.39, 0.29) is 31.8 Å². The minimum Gasteiger partial charge on any atom is -0.480 e. The molecule has 3 atom stereocenters. The average molecular weight is 700 g/mol. The molecule has 0 fully saturated rings. The molecule has 0 saturated carbocycles. The maximum Gasteiger partial charge on any atom is 0.325 e. The number of carboxylic acids is 4. The lowest BCUT2D eigenvalue weighted by Crippen LogP contribution is -2.30. The first-order valence-corrected chi connectivity index (χ1v) is 16.0. The summed E-state index contributed by atoms with van der Waals surface area (Å²) in [7, 11) is -8.21. The number of carbonyl (C=O) groups is 4. The Bertz CT molecular complexity index is 1000. The van der Waals surface area contributed by atoms with E-state index in [9.17, 15) is 28.3 Å². The van der Waals surface area contributed by atoms with Gasteiger partial charge in [0.25, 0.3) is 0 Å². The van der Waals surface area contributed by atoms with Crippen molar-refractivity contribution in [2.24, 2.45) is 22.9 Å². The van der Waals surface area contributed by atoms with Crippen molar-refractivity contribution in [1.82, 2.24) is 0 Å². The second-order valence-corrected chi connectivity index (χ2v) is 12.1. The fraction of sp³-hybridized carbons (Fsp3) is 0.545. The van der Waals surface area contributed by atoms with Crippen LogP contribution in [0.25, 0.3) is 0 Å². The van der Waals surface area contributed by atoms with Crippen LogP contribution >= 0.6 is 27.6 Å². The molecular weight excluding hydrogens is 656 g/mol. The van der Waals surface area contributed by atoms with Crippen molar-refractivity contribution >= 4 is 57.2 Å². The maximum atomic E-state index is 10.2. The zero-order chi connectivity index (χ0) is 34.2. The van der Waals surface area contributed by atoms with Gasteiger partial charge in [0, 0.05) is 5.69 Å². The molecule has 1 aromatic rings. The van der Waals surface area contributed by atoms with E-state index in [0.717, 1.165) is 18.5 Å². The lowest BCUT2D eigenvalue weighted by molar-refractivity contribution is -0.139. The molecule has 0 saturated heterocycles. The van der Waals surface area contributed by atoms with Crippen molar-refractivity contribution in [2.75, 3.05) is 30.7 Å². The summed E-state index contributed by atoms with van der Waals surface area (Å²) in [5, 5.41) is 35.8. The predicted molar refractivity (Wildman–Crippen MR) is 163 cm³/mol. The molecule has 258 valence electrons. The second kappa shape index (κ2) is 26.7. The van der Waals surface area contributed by atoms with Crippen LogP contribution in [-0.2, 0) is 28.3 Å². The molecule has 0 spiro atoms. The number of rotatable bonds is 16. The van der Waals surface area contributed by atoms with Crippen LogP contribution in [0.4, 0.5) is 5.69 Å². The summed E-state index contributed by atoms with van der Waals surface area (Å²) in [6, 6.07) is 6.13. The Kier molecular flexibility index (Phi) is 29.3. The summed E-state index contributed by atoms with van der Waals surface area (Å²) in [4.78, 5) is 73.6. The molecule has 44 heavy (non-hydrogen) atoms. The first-order chi connectivity index (χ1) is 19.6. The fourth-order valence-corrected chi connectivity index (χ4v) is 3.46. The van der Waals surface area contributed by atoms with E-state index < -0.39 is 69.5 Å². The second-order valence-electron chi connectivity index (χ2n) is 8.59. The quantitative estimate of drug-likeness (QED) is 0.0731. The number of nitrogens with two attached hydrogens (primary N) is 4. The Morgan fingerprint density at radius 1 is 0.682 bits per heavy atom. The minimum atomic E-state index is -4.10. The summed E-state index contributed by atoms with van der Waals surface area (Å²) in [5.41, 5.74) is 21.2. The van der Waals surface area contributed by atoms with Gasteiger partial charge < -0.3 is 68.3 Å². The Morgan fingerprint density at radius 3 is 1.34 bits per heavy atom. The molecule has 0 aliphatic rings. The van der Waals surface area contributed by atoms with Gasteiger partial charge >= 0.3 is 39.1 Å². The molecule has 0 aliphatic heterocycles. The van der Waals surface area contributed by atoms with Gasteiger partial charge in [-0.3, -0.25) is 28.3 Å². The largest absolute Gasteiger partial charge is 0.480 e. The first-order valence-electron chi connectivity index (χ1n) is 12.4. The van der Waals surface area contributed by atoms with Crippen LogP contribution in [0.15, 0.2) is 30.3 Å². The average Bonchev–Trinajstić information content (AvgIpc) is 2.89. The minimum absolute atomic E-state index is 0. The van der Waals surface area contributed by atoms with Crippen LogP contribution in [0.5, 0.6) is 0 Å². The maximum absolute atomic E-state index is 10.2. The molecule has 19 nitrogen and oxygen atoms in total. The number of benzene rings is 1. The van der Waals surface area contributed by atoms with Gasteiger partial charge in [0.2, 0.25) is 0 Å². The van der Waals surface area contributed by atoms with Crippen LogP contribution in [-0.4, -0.2) is 107 Å². The topological polar surface area (TPSA) is 380 Å². The van der Waals surface area contributed by atoms with Crippen molar-refractivity contribution in [2.45, 2.75) is 50.2 Å². The highest BCUT2D eigenvalue weighted by atomic mass is 35.5. The van der Waals surface area contributed by atoms with E-state index in [1.54, 1.807) is 0 Å². The van der Waals surface area contributed by atoms with Crippen LogP contribution in [0.1, 0.15) is 32.1 Å². The number of anilines is 1. The van der Waals surface area contributed by atoms with Gasteiger partial charge in [-0.1, -0.05) is 24.6 Å².